The molecule has 86 valence electrons. The number of rotatable bonds is 8. The van der Waals surface area contributed by atoms with Crippen molar-refractivity contribution in [3.05, 3.63) is 0 Å². The first-order chi connectivity index (χ1) is 6.49. The van der Waals surface area contributed by atoms with Gasteiger partial charge in [0.2, 0.25) is 0 Å². The Kier molecular flexibility index (Phi) is 13.1. The number of hydrogen-bond acceptors (Lipinski definition) is 3. The summed E-state index contributed by atoms with van der Waals surface area (Å²) in [5.74, 6) is 0. The molecule has 3 nitrogen and oxygen atoms in total. The molecule has 15 heavy (non-hydrogen) atoms. The van der Waals surface area contributed by atoms with Crippen molar-refractivity contribution in [2.45, 2.75) is 0 Å². The minimum absolute atomic E-state index is 0. The molecule has 0 aromatic rings. The van der Waals surface area contributed by atoms with Crippen molar-refractivity contribution >= 4 is 6.98 Å². The summed E-state index contributed by atoms with van der Waals surface area (Å²) in [6, 6.07) is 0. The second-order valence-corrected chi connectivity index (χ2v) is 3.00. The van der Waals surface area contributed by atoms with Gasteiger partial charge in [0, 0.05) is 27.3 Å². The molecule has 0 spiro atoms. The van der Waals surface area contributed by atoms with Crippen LogP contribution in [-0.2, 0) is 9.47 Å². The molecule has 0 atom stereocenters. The average Bonchev–Trinajstić information content (AvgIpc) is 2.07. The van der Waals surface area contributed by atoms with Crippen LogP contribution in [0.1, 0.15) is 0 Å². The zero-order valence-corrected chi connectivity index (χ0v) is 12.6. The molecule has 0 N–H and O–H groups in total. The molecular formula is C7H16BF3KNO2. The molecule has 0 amide bonds. The number of methoxy groups -OCH3 is 2. The average molecular weight is 253 g/mol. The molecule has 0 bridgehead atoms. The van der Waals surface area contributed by atoms with Crippen LogP contribution in [0.3, 0.4) is 0 Å². The Hall–Kier alpha value is 1.37. The van der Waals surface area contributed by atoms with Crippen LogP contribution in [0, 0.1) is 0 Å². The summed E-state index contributed by atoms with van der Waals surface area (Å²) >= 11 is 0. The van der Waals surface area contributed by atoms with Crippen molar-refractivity contribution in [3.63, 3.8) is 0 Å². The molecule has 8 heteroatoms. The van der Waals surface area contributed by atoms with E-state index in [2.05, 4.69) is 0 Å². The maximum absolute atomic E-state index is 12.1. The van der Waals surface area contributed by atoms with Gasteiger partial charge in [0.25, 0.3) is 0 Å². The number of hydrogen-bond donors (Lipinski definition) is 0. The smallest absolute Gasteiger partial charge is 0.448 e. The van der Waals surface area contributed by atoms with E-state index in [1.807, 2.05) is 0 Å². The quantitative estimate of drug-likeness (QED) is 0.466. The van der Waals surface area contributed by atoms with Gasteiger partial charge in [0.1, 0.15) is 0 Å². The third kappa shape index (κ3) is 13.3. The molecule has 0 rings (SSSR count). The Balaban J connectivity index is 0. The van der Waals surface area contributed by atoms with Gasteiger partial charge >= 0.3 is 58.4 Å². The summed E-state index contributed by atoms with van der Waals surface area (Å²) in [6.07, 6.45) is -0.854. The molecule has 0 aromatic carbocycles. The van der Waals surface area contributed by atoms with Gasteiger partial charge < -0.3 is 27.3 Å². The molecule has 0 heterocycles. The standard InChI is InChI=1S/C7H16BF3NO2.K/c1-13-5-3-12(4-6-14-2)7-8(9,10)11;/h3-7H2,1-2H3;/q-1;+1. The van der Waals surface area contributed by atoms with E-state index in [0.29, 0.717) is 13.2 Å². The molecular weight excluding hydrogens is 237 g/mol. The van der Waals surface area contributed by atoms with Gasteiger partial charge in [-0.25, -0.2) is 0 Å². The molecule has 0 aliphatic heterocycles. The molecule has 0 fully saturated rings. The Morgan fingerprint density at radius 1 is 1.00 bits per heavy atom. The largest absolute Gasteiger partial charge is 1.00 e. The summed E-state index contributed by atoms with van der Waals surface area (Å²) in [4.78, 5) is 1.28. The predicted molar refractivity (Wildman–Crippen MR) is 49.3 cm³/mol. The van der Waals surface area contributed by atoms with E-state index in [-0.39, 0.29) is 64.5 Å². The van der Waals surface area contributed by atoms with Crippen LogP contribution in [0.2, 0.25) is 0 Å². The van der Waals surface area contributed by atoms with Crippen molar-refractivity contribution in [3.8, 4) is 0 Å². The topological polar surface area (TPSA) is 21.7 Å². The Labute approximate surface area is 131 Å². The van der Waals surface area contributed by atoms with Crippen LogP contribution in [0.25, 0.3) is 0 Å². The van der Waals surface area contributed by atoms with Crippen molar-refractivity contribution in [1.29, 1.82) is 0 Å². The number of nitrogens with zero attached hydrogens (tertiary/aromatic N) is 1. The van der Waals surface area contributed by atoms with Gasteiger partial charge in [-0.2, -0.15) is 0 Å². The van der Waals surface area contributed by atoms with Crippen LogP contribution < -0.4 is 51.4 Å². The Morgan fingerprint density at radius 2 is 1.40 bits per heavy atom. The van der Waals surface area contributed by atoms with Gasteiger partial charge in [-0.1, -0.05) is 0 Å². The fraction of sp³-hybridized carbons (Fsp3) is 1.00. The third-order valence-corrected chi connectivity index (χ3v) is 1.69. The summed E-state index contributed by atoms with van der Waals surface area (Å²) in [5.41, 5.74) is 0. The van der Waals surface area contributed by atoms with E-state index in [0.717, 1.165) is 0 Å². The van der Waals surface area contributed by atoms with Gasteiger partial charge in [-0.05, 0) is 6.44 Å². The normalized spacial score (nSPS) is 11.6. The van der Waals surface area contributed by atoms with Crippen LogP contribution in [-0.4, -0.2) is 58.8 Å². The summed E-state index contributed by atoms with van der Waals surface area (Å²) < 4.78 is 45.7. The fourth-order valence-electron chi connectivity index (χ4n) is 1.03. The van der Waals surface area contributed by atoms with E-state index < -0.39 is 13.4 Å². The van der Waals surface area contributed by atoms with E-state index >= 15 is 0 Å². The second kappa shape index (κ2) is 10.5. The van der Waals surface area contributed by atoms with Crippen LogP contribution in [0.5, 0.6) is 0 Å². The maximum atomic E-state index is 12.1. The summed E-state index contributed by atoms with van der Waals surface area (Å²) in [7, 11) is 2.93. The van der Waals surface area contributed by atoms with Crippen LogP contribution >= 0.6 is 0 Å². The molecule has 0 saturated heterocycles. The van der Waals surface area contributed by atoms with Crippen molar-refractivity contribution in [2.75, 3.05) is 47.0 Å². The Bertz CT molecular complexity index is 143. The summed E-state index contributed by atoms with van der Waals surface area (Å²) in [6.45, 7) is -3.61. The fourth-order valence-corrected chi connectivity index (χ4v) is 1.03. The summed E-state index contributed by atoms with van der Waals surface area (Å²) in [5, 5.41) is 0. The zero-order valence-electron chi connectivity index (χ0n) is 9.51. The van der Waals surface area contributed by atoms with E-state index in [9.17, 15) is 12.9 Å². The first kappa shape index (κ1) is 18.7. The SMILES string of the molecule is COCCN(CCOC)C[B-](F)(F)F.[K+]. The molecule has 0 unspecified atom stereocenters. The Morgan fingerprint density at radius 3 is 1.67 bits per heavy atom. The van der Waals surface area contributed by atoms with E-state index in [4.69, 9.17) is 9.47 Å². The molecule has 0 aliphatic carbocycles. The maximum Gasteiger partial charge on any atom is 1.00 e. The van der Waals surface area contributed by atoms with E-state index in [1.54, 1.807) is 0 Å². The molecule has 0 saturated carbocycles. The third-order valence-electron chi connectivity index (χ3n) is 1.69. The minimum Gasteiger partial charge on any atom is -0.448 e. The number of halogens is 3. The van der Waals surface area contributed by atoms with Crippen molar-refractivity contribution < 1.29 is 73.8 Å². The van der Waals surface area contributed by atoms with Gasteiger partial charge in [-0.15, -0.1) is 0 Å². The first-order valence-electron chi connectivity index (χ1n) is 4.41. The molecule has 0 radical (unpaired) electrons. The molecule has 0 aromatic heterocycles. The van der Waals surface area contributed by atoms with E-state index in [1.165, 1.54) is 19.1 Å². The second-order valence-electron chi connectivity index (χ2n) is 3.00. The van der Waals surface area contributed by atoms with Crippen molar-refractivity contribution in [1.82, 2.24) is 4.90 Å². The predicted octanol–water partition coefficient (Wildman–Crippen LogP) is -2.03. The zero-order chi connectivity index (χ0) is 11.0. The molecule has 0 aliphatic rings. The minimum atomic E-state index is -4.77. The van der Waals surface area contributed by atoms with Gasteiger partial charge in [0.05, 0.1) is 13.2 Å². The van der Waals surface area contributed by atoms with Gasteiger partial charge in [-0.3, -0.25) is 0 Å². The van der Waals surface area contributed by atoms with Crippen LogP contribution in [0.15, 0.2) is 0 Å². The monoisotopic (exact) mass is 253 g/mol. The first-order valence-corrected chi connectivity index (χ1v) is 4.41. The van der Waals surface area contributed by atoms with Crippen molar-refractivity contribution in [2.24, 2.45) is 0 Å². The van der Waals surface area contributed by atoms with Gasteiger partial charge in [0.15, 0.2) is 0 Å². The number of ether oxygens (including phenoxy) is 2. The van der Waals surface area contributed by atoms with Crippen LogP contribution in [0.4, 0.5) is 12.9 Å².